The molecule has 1 aromatic rings. The van der Waals surface area contributed by atoms with Crippen LogP contribution in [0.1, 0.15) is 12.5 Å². The maximum atomic E-state index is 8.99. The van der Waals surface area contributed by atoms with E-state index >= 15 is 0 Å². The van der Waals surface area contributed by atoms with Crippen molar-refractivity contribution in [2.75, 3.05) is 0 Å². The van der Waals surface area contributed by atoms with Gasteiger partial charge in [0.1, 0.15) is 5.75 Å². The van der Waals surface area contributed by atoms with Gasteiger partial charge in [-0.05, 0) is 30.7 Å². The molecule has 0 aliphatic heterocycles. The molecule has 3 nitrogen and oxygen atoms in total. The van der Waals surface area contributed by atoms with Crippen LogP contribution in [0.5, 0.6) is 5.75 Å². The Kier molecular flexibility index (Phi) is 3.09. The molecule has 0 saturated carbocycles. The zero-order chi connectivity index (χ0) is 9.68. The van der Waals surface area contributed by atoms with E-state index in [2.05, 4.69) is 5.16 Å². The largest absolute Gasteiger partial charge is 0.508 e. The molecule has 3 heteroatoms. The number of benzene rings is 1. The predicted molar refractivity (Wildman–Crippen MR) is 52.0 cm³/mol. The Bertz CT molecular complexity index is 325. The normalized spacial score (nSPS) is 12.2. The van der Waals surface area contributed by atoms with Crippen LogP contribution in [0.2, 0.25) is 0 Å². The summed E-state index contributed by atoms with van der Waals surface area (Å²) in [4.78, 5) is 0. The van der Waals surface area contributed by atoms with E-state index in [9.17, 15) is 0 Å². The van der Waals surface area contributed by atoms with Gasteiger partial charge >= 0.3 is 0 Å². The lowest BCUT2D eigenvalue weighted by Crippen LogP contribution is -1.82. The molecule has 1 rings (SSSR count). The fraction of sp³-hybridized carbons (Fsp3) is 0.100. The van der Waals surface area contributed by atoms with Crippen molar-refractivity contribution < 1.29 is 10.3 Å². The Morgan fingerprint density at radius 3 is 2.46 bits per heavy atom. The molecule has 0 aliphatic carbocycles. The van der Waals surface area contributed by atoms with E-state index in [0.717, 1.165) is 5.56 Å². The Hall–Kier alpha value is -1.77. The molecule has 13 heavy (non-hydrogen) atoms. The third-order valence-corrected chi connectivity index (χ3v) is 1.57. The van der Waals surface area contributed by atoms with Gasteiger partial charge in [0.05, 0.1) is 5.71 Å². The first-order valence-corrected chi connectivity index (χ1v) is 3.88. The van der Waals surface area contributed by atoms with Crippen LogP contribution < -0.4 is 0 Å². The molecule has 0 radical (unpaired) electrons. The highest BCUT2D eigenvalue weighted by atomic mass is 16.4. The SMILES string of the molecule is CC(C=Cc1ccc(O)cc1)=NO. The van der Waals surface area contributed by atoms with Gasteiger partial charge in [0.2, 0.25) is 0 Å². The molecule has 0 bridgehead atoms. The van der Waals surface area contributed by atoms with Crippen molar-refractivity contribution in [3.05, 3.63) is 35.9 Å². The van der Waals surface area contributed by atoms with E-state index < -0.39 is 0 Å². The lowest BCUT2D eigenvalue weighted by molar-refractivity contribution is 0.319. The summed E-state index contributed by atoms with van der Waals surface area (Å²) in [6.45, 7) is 1.69. The molecule has 0 atom stereocenters. The number of hydrogen-bond acceptors (Lipinski definition) is 3. The van der Waals surface area contributed by atoms with E-state index in [-0.39, 0.29) is 5.75 Å². The molecule has 1 aromatic carbocycles. The molecule has 0 heterocycles. The number of nitrogens with zero attached hydrogens (tertiary/aromatic N) is 1. The van der Waals surface area contributed by atoms with Crippen molar-refractivity contribution in [1.82, 2.24) is 0 Å². The summed E-state index contributed by atoms with van der Waals surface area (Å²) < 4.78 is 0. The predicted octanol–water partition coefficient (Wildman–Crippen LogP) is 2.26. The van der Waals surface area contributed by atoms with Gasteiger partial charge in [-0.25, -0.2) is 0 Å². The van der Waals surface area contributed by atoms with Gasteiger partial charge in [0.25, 0.3) is 0 Å². The summed E-state index contributed by atoms with van der Waals surface area (Å²) in [7, 11) is 0. The summed E-state index contributed by atoms with van der Waals surface area (Å²) in [5, 5.41) is 20.3. The highest BCUT2D eigenvalue weighted by Crippen LogP contribution is 2.10. The van der Waals surface area contributed by atoms with Gasteiger partial charge in [-0.15, -0.1) is 0 Å². The minimum absolute atomic E-state index is 0.240. The summed E-state index contributed by atoms with van der Waals surface area (Å²) in [6.07, 6.45) is 3.49. The second kappa shape index (κ2) is 4.30. The standard InChI is InChI=1S/C10H11NO2/c1-8(11-13)2-3-9-4-6-10(12)7-5-9/h2-7,12-13H,1H3. The first-order valence-electron chi connectivity index (χ1n) is 3.88. The molecule has 0 amide bonds. The summed E-state index contributed by atoms with van der Waals surface area (Å²) in [5.41, 5.74) is 1.48. The third-order valence-electron chi connectivity index (χ3n) is 1.57. The van der Waals surface area contributed by atoms with Crippen LogP contribution in [-0.4, -0.2) is 16.0 Å². The third kappa shape index (κ3) is 2.99. The molecule has 0 spiro atoms. The van der Waals surface area contributed by atoms with Gasteiger partial charge in [0.15, 0.2) is 0 Å². The van der Waals surface area contributed by atoms with E-state index in [1.54, 1.807) is 43.3 Å². The van der Waals surface area contributed by atoms with Crippen molar-refractivity contribution in [1.29, 1.82) is 0 Å². The zero-order valence-electron chi connectivity index (χ0n) is 7.31. The van der Waals surface area contributed by atoms with Gasteiger partial charge in [-0.1, -0.05) is 23.4 Å². The summed E-state index contributed by atoms with van der Waals surface area (Å²) in [6, 6.07) is 6.75. The second-order valence-electron chi connectivity index (χ2n) is 2.67. The maximum absolute atomic E-state index is 8.99. The van der Waals surface area contributed by atoms with Gasteiger partial charge in [-0.2, -0.15) is 0 Å². The summed E-state index contributed by atoms with van der Waals surface area (Å²) >= 11 is 0. The fourth-order valence-corrected chi connectivity index (χ4v) is 0.836. The molecule has 0 unspecified atom stereocenters. The van der Waals surface area contributed by atoms with Crippen LogP contribution in [0.4, 0.5) is 0 Å². The van der Waals surface area contributed by atoms with Gasteiger partial charge in [-0.3, -0.25) is 0 Å². The van der Waals surface area contributed by atoms with Crippen LogP contribution in [-0.2, 0) is 0 Å². The topological polar surface area (TPSA) is 52.8 Å². The molecule has 0 saturated heterocycles. The number of allylic oxidation sites excluding steroid dienone is 1. The maximum Gasteiger partial charge on any atom is 0.115 e. The highest BCUT2D eigenvalue weighted by molar-refractivity contribution is 5.95. The molecular formula is C10H11NO2. The van der Waals surface area contributed by atoms with Gasteiger partial charge in [0, 0.05) is 0 Å². The monoisotopic (exact) mass is 177 g/mol. The van der Waals surface area contributed by atoms with E-state index in [1.807, 2.05) is 0 Å². The molecular weight excluding hydrogens is 166 g/mol. The van der Waals surface area contributed by atoms with Crippen LogP contribution in [0.25, 0.3) is 6.08 Å². The fourth-order valence-electron chi connectivity index (χ4n) is 0.836. The highest BCUT2D eigenvalue weighted by Gasteiger charge is 1.88. The van der Waals surface area contributed by atoms with Crippen molar-refractivity contribution >= 4 is 11.8 Å². The number of oxime groups is 1. The Balaban J connectivity index is 2.75. The summed E-state index contributed by atoms with van der Waals surface area (Å²) in [5.74, 6) is 0.240. The van der Waals surface area contributed by atoms with E-state index in [0.29, 0.717) is 5.71 Å². The molecule has 2 N–H and O–H groups in total. The number of hydrogen-bond donors (Lipinski definition) is 2. The average molecular weight is 177 g/mol. The second-order valence-corrected chi connectivity index (χ2v) is 2.67. The Labute approximate surface area is 76.6 Å². The molecule has 0 aromatic heterocycles. The van der Waals surface area contributed by atoms with Crippen LogP contribution in [0.15, 0.2) is 35.5 Å². The first kappa shape index (κ1) is 9.32. The number of phenols is 1. The van der Waals surface area contributed by atoms with Crippen LogP contribution >= 0.6 is 0 Å². The van der Waals surface area contributed by atoms with Crippen molar-refractivity contribution in [3.8, 4) is 5.75 Å². The lowest BCUT2D eigenvalue weighted by atomic mass is 10.2. The quantitative estimate of drug-likeness (QED) is 0.413. The zero-order valence-corrected chi connectivity index (χ0v) is 7.31. The number of phenolic OH excluding ortho intramolecular Hbond substituents is 1. The minimum Gasteiger partial charge on any atom is -0.508 e. The first-order chi connectivity index (χ1) is 6.22. The lowest BCUT2D eigenvalue weighted by Gasteiger charge is -1.93. The van der Waals surface area contributed by atoms with Crippen molar-refractivity contribution in [2.24, 2.45) is 5.16 Å². The van der Waals surface area contributed by atoms with E-state index in [1.165, 1.54) is 0 Å². The minimum atomic E-state index is 0.240. The number of aromatic hydroxyl groups is 1. The van der Waals surface area contributed by atoms with E-state index in [4.69, 9.17) is 10.3 Å². The number of rotatable bonds is 2. The average Bonchev–Trinajstić information content (AvgIpc) is 2.16. The van der Waals surface area contributed by atoms with Crippen molar-refractivity contribution in [3.63, 3.8) is 0 Å². The van der Waals surface area contributed by atoms with Crippen molar-refractivity contribution in [2.45, 2.75) is 6.92 Å². The van der Waals surface area contributed by atoms with Gasteiger partial charge < -0.3 is 10.3 Å². The Morgan fingerprint density at radius 2 is 1.92 bits per heavy atom. The molecule has 0 aliphatic rings. The smallest absolute Gasteiger partial charge is 0.115 e. The molecule has 0 fully saturated rings. The van der Waals surface area contributed by atoms with Crippen LogP contribution in [0, 0.1) is 0 Å². The van der Waals surface area contributed by atoms with Crippen LogP contribution in [0.3, 0.4) is 0 Å². The molecule has 68 valence electrons. The Morgan fingerprint density at radius 1 is 1.31 bits per heavy atom.